The molecule has 1 aromatic rings. The van der Waals surface area contributed by atoms with Crippen LogP contribution in [0.2, 0.25) is 0 Å². The normalized spacial score (nSPS) is 9.67. The molecule has 64 valence electrons. The van der Waals surface area contributed by atoms with Crippen LogP contribution < -0.4 is 0 Å². The van der Waals surface area contributed by atoms with E-state index in [1.165, 1.54) is 0 Å². The van der Waals surface area contributed by atoms with Crippen LogP contribution in [-0.4, -0.2) is 18.7 Å². The predicted octanol–water partition coefficient (Wildman–Crippen LogP) is 1.40. The zero-order chi connectivity index (χ0) is 8.81. The highest BCUT2D eigenvalue weighted by Gasteiger charge is 2.00. The maximum atomic E-state index is 8.39. The van der Waals surface area contributed by atoms with Crippen molar-refractivity contribution in [2.75, 3.05) is 13.7 Å². The minimum atomic E-state index is 0.406. The molecule has 1 aromatic heterocycles. The quantitative estimate of drug-likeness (QED) is 0.707. The zero-order valence-electron chi connectivity index (χ0n) is 6.91. The number of aromatic nitrogens is 1. The minimum absolute atomic E-state index is 0.406. The van der Waals surface area contributed by atoms with Crippen molar-refractivity contribution >= 4 is 11.3 Å². The predicted molar refractivity (Wildman–Crippen MR) is 47.0 cm³/mol. The van der Waals surface area contributed by atoms with E-state index in [-0.39, 0.29) is 0 Å². The monoisotopic (exact) mass is 182 g/mol. The number of rotatable bonds is 4. The van der Waals surface area contributed by atoms with Crippen molar-refractivity contribution < 1.29 is 4.74 Å². The van der Waals surface area contributed by atoms with E-state index in [0.717, 1.165) is 17.1 Å². The molecule has 0 radical (unpaired) electrons. The van der Waals surface area contributed by atoms with Crippen molar-refractivity contribution in [1.82, 2.24) is 4.98 Å². The van der Waals surface area contributed by atoms with Crippen molar-refractivity contribution in [2.24, 2.45) is 0 Å². The van der Waals surface area contributed by atoms with E-state index in [2.05, 4.69) is 11.1 Å². The maximum Gasteiger partial charge on any atom is 0.0951 e. The molecule has 4 heteroatoms. The van der Waals surface area contributed by atoms with Crippen LogP contribution in [0.1, 0.15) is 10.7 Å². The summed E-state index contributed by atoms with van der Waals surface area (Å²) in [6.45, 7) is 0.694. The molecule has 0 saturated carbocycles. The Morgan fingerprint density at radius 2 is 2.58 bits per heavy atom. The second kappa shape index (κ2) is 4.86. The number of thiazole rings is 1. The van der Waals surface area contributed by atoms with Crippen LogP contribution in [-0.2, 0) is 17.6 Å². The van der Waals surface area contributed by atoms with E-state index in [0.29, 0.717) is 13.0 Å². The largest absolute Gasteiger partial charge is 0.384 e. The Morgan fingerprint density at radius 3 is 3.25 bits per heavy atom. The molecule has 3 nitrogen and oxygen atoms in total. The van der Waals surface area contributed by atoms with Gasteiger partial charge in [-0.15, -0.1) is 11.3 Å². The van der Waals surface area contributed by atoms with Crippen LogP contribution in [0.25, 0.3) is 0 Å². The molecular formula is C8H10N2OS. The second-order valence-corrected chi connectivity index (χ2v) is 3.25. The van der Waals surface area contributed by atoms with Gasteiger partial charge in [-0.1, -0.05) is 0 Å². The molecule has 0 spiro atoms. The lowest BCUT2D eigenvalue weighted by Gasteiger charge is -1.92. The van der Waals surface area contributed by atoms with Gasteiger partial charge in [0.1, 0.15) is 0 Å². The molecule has 0 aliphatic carbocycles. The van der Waals surface area contributed by atoms with Gasteiger partial charge in [0.2, 0.25) is 0 Å². The number of ether oxygens (including phenoxy) is 1. The molecule has 0 amide bonds. The third kappa shape index (κ3) is 2.61. The number of hydrogen-bond donors (Lipinski definition) is 0. The molecule has 0 saturated heterocycles. The van der Waals surface area contributed by atoms with Crippen molar-refractivity contribution in [3.63, 3.8) is 0 Å². The molecule has 12 heavy (non-hydrogen) atoms. The molecule has 0 aromatic carbocycles. The fourth-order valence-corrected chi connectivity index (χ4v) is 1.59. The summed E-state index contributed by atoms with van der Waals surface area (Å²) >= 11 is 1.59. The Morgan fingerprint density at radius 1 is 1.75 bits per heavy atom. The van der Waals surface area contributed by atoms with E-state index in [1.807, 2.05) is 5.38 Å². The Kier molecular flexibility index (Phi) is 3.71. The van der Waals surface area contributed by atoms with Gasteiger partial charge in [-0.25, -0.2) is 4.98 Å². The maximum absolute atomic E-state index is 8.39. The minimum Gasteiger partial charge on any atom is -0.384 e. The molecule has 1 rings (SSSR count). The summed E-state index contributed by atoms with van der Waals surface area (Å²) in [5.41, 5.74) is 0.869. The third-order valence-electron chi connectivity index (χ3n) is 1.38. The van der Waals surface area contributed by atoms with Crippen LogP contribution in [0.3, 0.4) is 0 Å². The lowest BCUT2D eigenvalue weighted by Crippen LogP contribution is -1.93. The van der Waals surface area contributed by atoms with Gasteiger partial charge >= 0.3 is 0 Å². The molecule has 0 N–H and O–H groups in total. The summed E-state index contributed by atoms with van der Waals surface area (Å²) in [6, 6.07) is 2.07. The molecule has 0 unspecified atom stereocenters. The highest BCUT2D eigenvalue weighted by molar-refractivity contribution is 7.09. The summed E-state index contributed by atoms with van der Waals surface area (Å²) in [5.74, 6) is 0. The lowest BCUT2D eigenvalue weighted by molar-refractivity contribution is 0.202. The fourth-order valence-electron chi connectivity index (χ4n) is 0.815. The Balaban J connectivity index is 2.48. The second-order valence-electron chi connectivity index (χ2n) is 2.31. The average Bonchev–Trinajstić information content (AvgIpc) is 2.50. The topological polar surface area (TPSA) is 45.9 Å². The zero-order valence-corrected chi connectivity index (χ0v) is 7.73. The first-order chi connectivity index (χ1) is 5.86. The van der Waals surface area contributed by atoms with E-state index in [9.17, 15) is 0 Å². The van der Waals surface area contributed by atoms with Gasteiger partial charge in [-0.2, -0.15) is 5.26 Å². The van der Waals surface area contributed by atoms with Crippen molar-refractivity contribution in [1.29, 1.82) is 5.26 Å². The molecule has 1 heterocycles. The first-order valence-corrected chi connectivity index (χ1v) is 4.54. The van der Waals surface area contributed by atoms with Gasteiger partial charge < -0.3 is 4.74 Å². The Bertz CT molecular complexity index is 277. The van der Waals surface area contributed by atoms with Gasteiger partial charge in [-0.3, -0.25) is 0 Å². The first-order valence-electron chi connectivity index (χ1n) is 3.66. The fraction of sp³-hybridized carbons (Fsp3) is 0.500. The first kappa shape index (κ1) is 9.17. The molecule has 0 aliphatic heterocycles. The highest BCUT2D eigenvalue weighted by Crippen LogP contribution is 2.10. The Hall–Kier alpha value is -0.920. The highest BCUT2D eigenvalue weighted by atomic mass is 32.1. The third-order valence-corrected chi connectivity index (χ3v) is 2.34. The van der Waals surface area contributed by atoms with Crippen molar-refractivity contribution in [3.05, 3.63) is 16.1 Å². The van der Waals surface area contributed by atoms with Crippen LogP contribution >= 0.6 is 11.3 Å². The molecule has 0 atom stereocenters. The van der Waals surface area contributed by atoms with E-state index in [4.69, 9.17) is 10.00 Å². The van der Waals surface area contributed by atoms with E-state index >= 15 is 0 Å². The van der Waals surface area contributed by atoms with Gasteiger partial charge in [0.15, 0.2) is 0 Å². The van der Waals surface area contributed by atoms with Crippen LogP contribution in [0, 0.1) is 11.3 Å². The number of nitrogens with zero attached hydrogens (tertiary/aromatic N) is 2. The van der Waals surface area contributed by atoms with E-state index < -0.39 is 0 Å². The summed E-state index contributed by atoms with van der Waals surface area (Å²) in [5, 5.41) is 11.4. The van der Waals surface area contributed by atoms with Crippen LogP contribution in [0.4, 0.5) is 0 Å². The summed E-state index contributed by atoms with van der Waals surface area (Å²) < 4.78 is 4.92. The number of nitriles is 1. The number of hydrogen-bond acceptors (Lipinski definition) is 4. The molecule has 0 aliphatic rings. The lowest BCUT2D eigenvalue weighted by atomic mass is 10.4. The van der Waals surface area contributed by atoms with Crippen LogP contribution in [0.15, 0.2) is 5.38 Å². The van der Waals surface area contributed by atoms with Crippen molar-refractivity contribution in [3.8, 4) is 6.07 Å². The SMILES string of the molecule is COCCc1nc(CC#N)cs1. The summed E-state index contributed by atoms with van der Waals surface area (Å²) in [6.07, 6.45) is 1.25. The smallest absolute Gasteiger partial charge is 0.0951 e. The molecular weight excluding hydrogens is 172 g/mol. The molecule has 0 fully saturated rings. The van der Waals surface area contributed by atoms with Crippen molar-refractivity contribution in [2.45, 2.75) is 12.8 Å². The molecule has 0 bridgehead atoms. The summed E-state index contributed by atoms with van der Waals surface area (Å²) in [4.78, 5) is 4.25. The van der Waals surface area contributed by atoms with Crippen LogP contribution in [0.5, 0.6) is 0 Å². The van der Waals surface area contributed by atoms with Gasteiger partial charge in [-0.05, 0) is 0 Å². The van der Waals surface area contributed by atoms with Gasteiger partial charge in [0.05, 0.1) is 29.8 Å². The Labute approximate surface area is 75.6 Å². The average molecular weight is 182 g/mol. The van der Waals surface area contributed by atoms with Gasteiger partial charge in [0, 0.05) is 18.9 Å². The summed E-state index contributed by atoms with van der Waals surface area (Å²) in [7, 11) is 1.67. The van der Waals surface area contributed by atoms with E-state index in [1.54, 1.807) is 18.4 Å². The number of methoxy groups -OCH3 is 1. The van der Waals surface area contributed by atoms with Gasteiger partial charge in [0.25, 0.3) is 0 Å². The standard InChI is InChI=1S/C8H10N2OS/c1-11-5-3-8-10-7(2-4-9)6-12-8/h6H,2-3,5H2,1H3.